The van der Waals surface area contributed by atoms with Crippen LogP contribution in [0.4, 0.5) is 0 Å². The van der Waals surface area contributed by atoms with Crippen LogP contribution in [-0.2, 0) is 14.8 Å². The zero-order valence-electron chi connectivity index (χ0n) is 14.2. The monoisotopic (exact) mass is 378 g/mol. The number of benzene rings is 2. The first-order valence-corrected chi connectivity index (χ1v) is 9.09. The number of rotatable bonds is 7. The van der Waals surface area contributed by atoms with Crippen molar-refractivity contribution in [1.82, 2.24) is 10.3 Å². The van der Waals surface area contributed by atoms with Crippen LogP contribution >= 0.6 is 0 Å². The third-order valence-corrected chi connectivity index (χ3v) is 4.59. The number of hydrazine groups is 1. The summed E-state index contributed by atoms with van der Waals surface area (Å²) >= 11 is 0. The van der Waals surface area contributed by atoms with Gasteiger partial charge in [-0.2, -0.15) is 0 Å². The Morgan fingerprint density at radius 2 is 1.54 bits per heavy atom. The van der Waals surface area contributed by atoms with Crippen molar-refractivity contribution in [2.45, 2.75) is 11.8 Å². The number of amides is 1. The average Bonchev–Trinajstić information content (AvgIpc) is 2.66. The van der Waals surface area contributed by atoms with Crippen LogP contribution in [-0.4, -0.2) is 34.0 Å². The molecule has 0 aromatic heterocycles. The van der Waals surface area contributed by atoms with Gasteiger partial charge in [-0.3, -0.25) is 10.2 Å². The summed E-state index contributed by atoms with van der Waals surface area (Å²) in [6, 6.07) is 11.3. The van der Waals surface area contributed by atoms with Gasteiger partial charge in [-0.05, 0) is 55.5 Å². The molecule has 138 valence electrons. The van der Waals surface area contributed by atoms with E-state index in [-0.39, 0.29) is 22.6 Å². The molecule has 0 saturated heterocycles. The maximum absolute atomic E-state index is 12.2. The van der Waals surface area contributed by atoms with E-state index in [0.29, 0.717) is 5.75 Å². The van der Waals surface area contributed by atoms with Gasteiger partial charge < -0.3 is 9.47 Å². The zero-order valence-corrected chi connectivity index (χ0v) is 15.0. The molecule has 9 heteroatoms. The van der Waals surface area contributed by atoms with Crippen LogP contribution in [0, 0.1) is 0 Å². The maximum Gasteiger partial charge on any atom is 0.338 e. The van der Waals surface area contributed by atoms with Gasteiger partial charge in [0.2, 0.25) is 0 Å². The van der Waals surface area contributed by atoms with E-state index in [4.69, 9.17) is 9.47 Å². The number of hydrogen-bond acceptors (Lipinski definition) is 6. The minimum Gasteiger partial charge on any atom is -0.497 e. The fourth-order valence-electron chi connectivity index (χ4n) is 1.97. The van der Waals surface area contributed by atoms with Crippen molar-refractivity contribution in [1.29, 1.82) is 0 Å². The number of carbonyl (C=O) groups is 2. The van der Waals surface area contributed by atoms with E-state index < -0.39 is 21.9 Å². The largest absolute Gasteiger partial charge is 0.497 e. The van der Waals surface area contributed by atoms with Crippen LogP contribution in [0.15, 0.2) is 53.4 Å². The standard InChI is InChI=1S/C17H18N2O6S/c1-3-25-17(21)13-6-10-15(11-7-13)26(22,23)19-18-16(20)12-4-8-14(24-2)9-5-12/h4-11,19H,3H2,1-2H3,(H,18,20). The smallest absolute Gasteiger partial charge is 0.338 e. The fourth-order valence-corrected chi connectivity index (χ4v) is 2.81. The summed E-state index contributed by atoms with van der Waals surface area (Å²) in [5.41, 5.74) is 2.61. The lowest BCUT2D eigenvalue weighted by Gasteiger charge is -2.09. The summed E-state index contributed by atoms with van der Waals surface area (Å²) in [6.45, 7) is 1.89. The Morgan fingerprint density at radius 1 is 0.962 bits per heavy atom. The molecule has 0 unspecified atom stereocenters. The number of nitrogens with one attached hydrogen (secondary N) is 2. The molecule has 0 aliphatic heterocycles. The van der Waals surface area contributed by atoms with Crippen LogP contribution in [0.25, 0.3) is 0 Å². The highest BCUT2D eigenvalue weighted by Gasteiger charge is 2.17. The Balaban J connectivity index is 2.03. The molecule has 26 heavy (non-hydrogen) atoms. The maximum atomic E-state index is 12.2. The van der Waals surface area contributed by atoms with Gasteiger partial charge in [-0.25, -0.2) is 13.2 Å². The van der Waals surface area contributed by atoms with Crippen molar-refractivity contribution in [2.24, 2.45) is 0 Å². The molecule has 8 nitrogen and oxygen atoms in total. The summed E-state index contributed by atoms with van der Waals surface area (Å²) in [4.78, 5) is 25.5. The van der Waals surface area contributed by atoms with Crippen LogP contribution < -0.4 is 15.0 Å². The second-order valence-electron chi connectivity index (χ2n) is 5.03. The molecule has 2 aromatic rings. The molecular formula is C17H18N2O6S. The lowest BCUT2D eigenvalue weighted by Crippen LogP contribution is -2.41. The quantitative estimate of drug-likeness (QED) is 0.558. The molecule has 0 saturated carbocycles. The molecule has 0 bridgehead atoms. The normalized spacial score (nSPS) is 10.8. The third-order valence-electron chi connectivity index (χ3n) is 3.33. The Hall–Kier alpha value is -2.91. The fraction of sp³-hybridized carbons (Fsp3) is 0.176. The number of ether oxygens (including phenoxy) is 2. The van der Waals surface area contributed by atoms with Gasteiger partial charge in [-0.15, -0.1) is 4.83 Å². The molecule has 0 aliphatic carbocycles. The van der Waals surface area contributed by atoms with Crippen LogP contribution in [0.3, 0.4) is 0 Å². The highest BCUT2D eigenvalue weighted by molar-refractivity contribution is 7.89. The summed E-state index contributed by atoms with van der Waals surface area (Å²) in [5.74, 6) is -0.597. The van der Waals surface area contributed by atoms with Gasteiger partial charge in [0.1, 0.15) is 5.75 Å². The summed E-state index contributed by atoms with van der Waals surface area (Å²) in [6.07, 6.45) is 0. The molecule has 0 fully saturated rings. The molecule has 2 N–H and O–H groups in total. The van der Waals surface area contributed by atoms with Crippen molar-refractivity contribution >= 4 is 21.9 Å². The number of hydrogen-bond donors (Lipinski definition) is 2. The van der Waals surface area contributed by atoms with E-state index in [1.54, 1.807) is 19.1 Å². The highest BCUT2D eigenvalue weighted by atomic mass is 32.2. The highest BCUT2D eigenvalue weighted by Crippen LogP contribution is 2.12. The summed E-state index contributed by atoms with van der Waals surface area (Å²) in [7, 11) is -2.49. The lowest BCUT2D eigenvalue weighted by atomic mass is 10.2. The van der Waals surface area contributed by atoms with Gasteiger partial charge in [0, 0.05) is 5.56 Å². The van der Waals surface area contributed by atoms with E-state index in [9.17, 15) is 18.0 Å². The predicted molar refractivity (Wildman–Crippen MR) is 93.2 cm³/mol. The molecule has 2 aromatic carbocycles. The average molecular weight is 378 g/mol. The lowest BCUT2D eigenvalue weighted by molar-refractivity contribution is 0.0526. The van der Waals surface area contributed by atoms with Gasteiger partial charge in [-0.1, -0.05) is 0 Å². The SMILES string of the molecule is CCOC(=O)c1ccc(S(=O)(=O)NNC(=O)c2ccc(OC)cc2)cc1. The van der Waals surface area contributed by atoms with Gasteiger partial charge in [0.25, 0.3) is 15.9 Å². The predicted octanol–water partition coefficient (Wildman–Crippen LogP) is 1.50. The third kappa shape index (κ3) is 4.80. The zero-order chi connectivity index (χ0) is 19.2. The second-order valence-corrected chi connectivity index (χ2v) is 6.72. The Morgan fingerprint density at radius 3 is 2.08 bits per heavy atom. The van der Waals surface area contributed by atoms with Crippen molar-refractivity contribution in [3.63, 3.8) is 0 Å². The van der Waals surface area contributed by atoms with Crippen LogP contribution in [0.2, 0.25) is 0 Å². The van der Waals surface area contributed by atoms with E-state index in [0.717, 1.165) is 0 Å². The topological polar surface area (TPSA) is 111 Å². The minimum absolute atomic E-state index is 0.111. The van der Waals surface area contributed by atoms with Crippen molar-refractivity contribution in [3.8, 4) is 5.75 Å². The second kappa shape index (κ2) is 8.45. The van der Waals surface area contributed by atoms with Crippen molar-refractivity contribution in [2.75, 3.05) is 13.7 Å². The molecule has 0 atom stereocenters. The molecule has 0 aliphatic rings. The number of sulfonamides is 1. The molecule has 2 rings (SSSR count). The van der Waals surface area contributed by atoms with Crippen molar-refractivity contribution in [3.05, 3.63) is 59.7 Å². The number of esters is 1. The number of carbonyl (C=O) groups excluding carboxylic acids is 2. The summed E-state index contributed by atoms with van der Waals surface area (Å²) in [5, 5.41) is 0. The molecule has 0 radical (unpaired) electrons. The van der Waals surface area contributed by atoms with E-state index in [2.05, 4.69) is 5.43 Å². The molecule has 0 spiro atoms. The Bertz CT molecular complexity index is 876. The first kappa shape index (κ1) is 19.4. The first-order valence-electron chi connectivity index (χ1n) is 7.60. The van der Waals surface area contributed by atoms with Gasteiger partial charge in [0.05, 0.1) is 24.2 Å². The Kier molecular flexibility index (Phi) is 6.31. The minimum atomic E-state index is -3.99. The van der Waals surface area contributed by atoms with Crippen LogP contribution in [0.1, 0.15) is 27.6 Å². The number of methoxy groups -OCH3 is 1. The Labute approximate surface area is 151 Å². The molecular weight excluding hydrogens is 360 g/mol. The van der Waals surface area contributed by atoms with Crippen molar-refractivity contribution < 1.29 is 27.5 Å². The molecule has 0 heterocycles. The molecule has 1 amide bonds. The van der Waals surface area contributed by atoms with E-state index in [1.807, 2.05) is 4.83 Å². The van der Waals surface area contributed by atoms with Gasteiger partial charge in [0.15, 0.2) is 0 Å². The van der Waals surface area contributed by atoms with Gasteiger partial charge >= 0.3 is 5.97 Å². The summed E-state index contributed by atoms with van der Waals surface area (Å²) < 4.78 is 34.2. The van der Waals surface area contributed by atoms with E-state index in [1.165, 1.54) is 43.5 Å². The van der Waals surface area contributed by atoms with Crippen LogP contribution in [0.5, 0.6) is 5.75 Å². The van der Waals surface area contributed by atoms with E-state index >= 15 is 0 Å². The first-order chi connectivity index (χ1) is 12.4.